The molecular formula is C39H32F2N2. The van der Waals surface area contributed by atoms with Crippen LogP contribution in [0.5, 0.6) is 0 Å². The van der Waals surface area contributed by atoms with Crippen LogP contribution in [0.3, 0.4) is 0 Å². The van der Waals surface area contributed by atoms with Crippen LogP contribution < -0.4 is 9.80 Å². The molecule has 212 valence electrons. The number of rotatable bonds is 7. The Bertz CT molecular complexity index is 1850. The molecule has 0 saturated heterocycles. The molecule has 43 heavy (non-hydrogen) atoms. The monoisotopic (exact) mass is 566 g/mol. The second-order valence-corrected chi connectivity index (χ2v) is 10.8. The van der Waals surface area contributed by atoms with E-state index in [0.29, 0.717) is 22.5 Å². The van der Waals surface area contributed by atoms with Crippen molar-refractivity contribution in [1.82, 2.24) is 0 Å². The lowest BCUT2D eigenvalue weighted by atomic mass is 10.0. The fourth-order valence-corrected chi connectivity index (χ4v) is 5.29. The molecule has 4 heteroatoms. The van der Waals surface area contributed by atoms with Crippen LogP contribution in [0.2, 0.25) is 0 Å². The molecule has 6 aromatic rings. The van der Waals surface area contributed by atoms with Crippen molar-refractivity contribution in [3.8, 4) is 22.3 Å². The van der Waals surface area contributed by atoms with E-state index in [-0.39, 0.29) is 5.82 Å². The number of para-hydroxylation sites is 1. The first-order valence-corrected chi connectivity index (χ1v) is 14.3. The highest BCUT2D eigenvalue weighted by Crippen LogP contribution is 2.39. The predicted octanol–water partition coefficient (Wildman–Crippen LogP) is 11.2. The molecule has 0 unspecified atom stereocenters. The van der Waals surface area contributed by atoms with Gasteiger partial charge in [0, 0.05) is 24.1 Å². The van der Waals surface area contributed by atoms with Gasteiger partial charge in [-0.15, -0.1) is 0 Å². The van der Waals surface area contributed by atoms with E-state index in [4.69, 9.17) is 0 Å². The van der Waals surface area contributed by atoms with Gasteiger partial charge in [0.15, 0.2) is 0 Å². The molecule has 0 radical (unpaired) electrons. The van der Waals surface area contributed by atoms with Gasteiger partial charge in [0.1, 0.15) is 11.6 Å². The Labute approximate surface area is 252 Å². The first kappa shape index (κ1) is 27.9. The summed E-state index contributed by atoms with van der Waals surface area (Å²) in [7, 11) is 1.83. The maximum Gasteiger partial charge on any atom is 0.147 e. The van der Waals surface area contributed by atoms with Crippen molar-refractivity contribution in [2.45, 2.75) is 13.8 Å². The lowest BCUT2D eigenvalue weighted by Crippen LogP contribution is -2.12. The van der Waals surface area contributed by atoms with Gasteiger partial charge < -0.3 is 9.80 Å². The molecule has 0 fully saturated rings. The molecule has 0 bridgehead atoms. The summed E-state index contributed by atoms with van der Waals surface area (Å²) in [5, 5.41) is 0. The number of nitrogens with zero attached hydrogens (tertiary/aromatic N) is 2. The molecule has 0 amide bonds. The third-order valence-electron chi connectivity index (χ3n) is 7.78. The van der Waals surface area contributed by atoms with E-state index in [1.165, 1.54) is 17.7 Å². The number of hydrogen-bond acceptors (Lipinski definition) is 2. The second kappa shape index (κ2) is 11.9. The van der Waals surface area contributed by atoms with E-state index < -0.39 is 5.82 Å². The fourth-order valence-electron chi connectivity index (χ4n) is 5.29. The molecule has 0 heterocycles. The minimum absolute atomic E-state index is 0.372. The summed E-state index contributed by atoms with van der Waals surface area (Å²) >= 11 is 0. The molecule has 0 aliphatic heterocycles. The molecule has 0 spiro atoms. The zero-order chi connectivity index (χ0) is 29.9. The van der Waals surface area contributed by atoms with Crippen LogP contribution >= 0.6 is 0 Å². The topological polar surface area (TPSA) is 6.48 Å². The van der Waals surface area contributed by atoms with Crippen LogP contribution in [-0.4, -0.2) is 7.05 Å². The summed E-state index contributed by atoms with van der Waals surface area (Å²) in [5.41, 5.74) is 9.20. The Hall–Kier alpha value is -5.22. The average Bonchev–Trinajstić information content (AvgIpc) is 3.03. The van der Waals surface area contributed by atoms with Crippen molar-refractivity contribution in [3.63, 3.8) is 0 Å². The van der Waals surface area contributed by atoms with E-state index in [2.05, 4.69) is 43.3 Å². The molecule has 0 saturated carbocycles. The normalized spacial score (nSPS) is 10.9. The van der Waals surface area contributed by atoms with Gasteiger partial charge in [-0.3, -0.25) is 0 Å². The van der Waals surface area contributed by atoms with Crippen LogP contribution in [0.15, 0.2) is 140 Å². The quantitative estimate of drug-likeness (QED) is 0.190. The Morgan fingerprint density at radius 3 is 1.35 bits per heavy atom. The van der Waals surface area contributed by atoms with Gasteiger partial charge >= 0.3 is 0 Å². The van der Waals surface area contributed by atoms with Crippen molar-refractivity contribution >= 4 is 28.4 Å². The summed E-state index contributed by atoms with van der Waals surface area (Å²) in [6, 6.07) is 44.3. The predicted molar refractivity (Wildman–Crippen MR) is 176 cm³/mol. The van der Waals surface area contributed by atoms with Crippen LogP contribution in [0.4, 0.5) is 37.2 Å². The molecular weight excluding hydrogens is 534 g/mol. The molecule has 6 rings (SSSR count). The van der Waals surface area contributed by atoms with Crippen molar-refractivity contribution < 1.29 is 8.78 Å². The van der Waals surface area contributed by atoms with Gasteiger partial charge in [0.25, 0.3) is 0 Å². The van der Waals surface area contributed by atoms with Gasteiger partial charge in [-0.1, -0.05) is 90.0 Å². The number of hydrogen-bond donors (Lipinski definition) is 0. The first-order valence-electron chi connectivity index (χ1n) is 14.3. The van der Waals surface area contributed by atoms with Crippen LogP contribution in [-0.2, 0) is 0 Å². The highest BCUT2D eigenvalue weighted by Gasteiger charge is 2.18. The summed E-state index contributed by atoms with van der Waals surface area (Å²) in [6.07, 6.45) is 0. The fraction of sp³-hybridized carbons (Fsp3) is 0.0769. The first-order chi connectivity index (χ1) is 20.9. The van der Waals surface area contributed by atoms with E-state index in [1.54, 1.807) is 17.0 Å². The maximum absolute atomic E-state index is 16.0. The zero-order valence-electron chi connectivity index (χ0n) is 24.4. The van der Waals surface area contributed by atoms with Crippen LogP contribution in [0.1, 0.15) is 11.1 Å². The smallest absolute Gasteiger partial charge is 0.147 e. The van der Waals surface area contributed by atoms with Crippen molar-refractivity contribution in [2.24, 2.45) is 0 Å². The van der Waals surface area contributed by atoms with Crippen molar-refractivity contribution in [2.75, 3.05) is 16.8 Å². The third-order valence-corrected chi connectivity index (χ3v) is 7.78. The number of benzene rings is 6. The lowest BCUT2D eigenvalue weighted by Gasteiger charge is -2.26. The van der Waals surface area contributed by atoms with Crippen molar-refractivity contribution in [1.29, 1.82) is 0 Å². The Morgan fingerprint density at radius 2 is 0.837 bits per heavy atom. The standard InChI is InChI=1S/C39H32F2N2/c1-27-9-13-29(14-10-27)30-15-21-35(22-16-30)43(34-19-11-28(2)12-20-34)39-24-18-32(26-37(39)41)31-17-23-38(36(40)25-31)42(3)33-7-5-4-6-8-33/h4-26H,1-3H3. The maximum atomic E-state index is 16.0. The molecule has 0 aliphatic rings. The second-order valence-electron chi connectivity index (χ2n) is 10.8. The molecule has 0 aliphatic carbocycles. The van der Waals surface area contributed by atoms with Gasteiger partial charge in [0.05, 0.1) is 11.4 Å². The summed E-state index contributed by atoms with van der Waals surface area (Å²) in [4.78, 5) is 3.71. The molecule has 0 N–H and O–H groups in total. The Kier molecular flexibility index (Phi) is 7.76. The minimum atomic E-state index is -0.397. The molecule has 0 aromatic heterocycles. The minimum Gasteiger partial charge on any atom is -0.342 e. The number of aryl methyl sites for hydroxylation is 2. The van der Waals surface area contributed by atoms with Gasteiger partial charge in [-0.05, 0) is 96.8 Å². The lowest BCUT2D eigenvalue weighted by molar-refractivity contribution is 0.626. The SMILES string of the molecule is Cc1ccc(-c2ccc(N(c3ccc(C)cc3)c3ccc(-c4ccc(N(C)c5ccccc5)c(F)c4)cc3F)cc2)cc1. The van der Waals surface area contributed by atoms with E-state index >= 15 is 8.78 Å². The zero-order valence-corrected chi connectivity index (χ0v) is 24.4. The number of anilines is 5. The van der Waals surface area contributed by atoms with E-state index in [1.807, 2.05) is 97.7 Å². The van der Waals surface area contributed by atoms with Crippen molar-refractivity contribution in [3.05, 3.63) is 162 Å². The van der Waals surface area contributed by atoms with Gasteiger partial charge in [-0.2, -0.15) is 0 Å². The van der Waals surface area contributed by atoms with E-state index in [0.717, 1.165) is 33.8 Å². The third kappa shape index (κ3) is 5.91. The summed E-state index contributed by atoms with van der Waals surface area (Å²) in [5.74, 6) is -0.769. The van der Waals surface area contributed by atoms with Gasteiger partial charge in [0.2, 0.25) is 0 Å². The number of halogens is 2. The van der Waals surface area contributed by atoms with Crippen LogP contribution in [0.25, 0.3) is 22.3 Å². The molecule has 2 nitrogen and oxygen atoms in total. The highest BCUT2D eigenvalue weighted by atomic mass is 19.1. The Balaban J connectivity index is 1.34. The summed E-state index contributed by atoms with van der Waals surface area (Å²) in [6.45, 7) is 4.10. The largest absolute Gasteiger partial charge is 0.342 e. The Morgan fingerprint density at radius 1 is 0.419 bits per heavy atom. The van der Waals surface area contributed by atoms with Gasteiger partial charge in [-0.25, -0.2) is 8.78 Å². The average molecular weight is 567 g/mol. The van der Waals surface area contributed by atoms with Crippen LogP contribution in [0, 0.1) is 25.5 Å². The summed E-state index contributed by atoms with van der Waals surface area (Å²) < 4.78 is 31.3. The highest BCUT2D eigenvalue weighted by molar-refractivity contribution is 5.80. The molecule has 6 aromatic carbocycles. The molecule has 0 atom stereocenters. The van der Waals surface area contributed by atoms with E-state index in [9.17, 15) is 0 Å².